The maximum atomic E-state index is 6.83. The van der Waals surface area contributed by atoms with E-state index in [9.17, 15) is 0 Å². The van der Waals surface area contributed by atoms with Gasteiger partial charge in [0.05, 0.1) is 6.04 Å². The zero-order chi connectivity index (χ0) is 45.7. The van der Waals surface area contributed by atoms with Gasteiger partial charge in [-0.3, -0.25) is 0 Å². The second-order valence-corrected chi connectivity index (χ2v) is 17.9. The quantitative estimate of drug-likeness (QED) is 0.145. The summed E-state index contributed by atoms with van der Waals surface area (Å²) in [7, 11) is 0. The summed E-state index contributed by atoms with van der Waals surface area (Å²) in [5.74, 6) is 0. The molecular weight excluding hydrogens is 839 g/mol. The summed E-state index contributed by atoms with van der Waals surface area (Å²) < 4.78 is 13.7. The molecule has 0 bridgehead atoms. The smallest absolute Gasteiger partial charge is 0.143 e. The largest absolute Gasteiger partial charge is 0.455 e. The predicted octanol–water partition coefficient (Wildman–Crippen LogP) is 18.4. The van der Waals surface area contributed by atoms with Gasteiger partial charge in [0.15, 0.2) is 0 Å². The number of rotatable bonds is 9. The van der Waals surface area contributed by atoms with Crippen LogP contribution < -0.4 is 4.90 Å². The van der Waals surface area contributed by atoms with Gasteiger partial charge in [-0.25, -0.2) is 0 Å². The molecule has 69 heavy (non-hydrogen) atoms. The van der Waals surface area contributed by atoms with E-state index >= 15 is 0 Å². The molecule has 0 saturated carbocycles. The average Bonchev–Trinajstić information content (AvgIpc) is 4.02. The maximum absolute atomic E-state index is 6.83. The molecule has 0 N–H and O–H groups in total. The summed E-state index contributed by atoms with van der Waals surface area (Å²) in [6.07, 6.45) is 7.89. The summed E-state index contributed by atoms with van der Waals surface area (Å²) in [5.41, 5.74) is 19.6. The number of hydrogen-bond donors (Lipinski definition) is 0. The third-order valence-electron chi connectivity index (χ3n) is 13.9. The predicted molar refractivity (Wildman–Crippen MR) is 289 cm³/mol. The molecule has 326 valence electrons. The van der Waals surface area contributed by atoms with Crippen molar-refractivity contribution in [3.8, 4) is 55.6 Å². The molecule has 0 radical (unpaired) electrons. The van der Waals surface area contributed by atoms with Crippen molar-refractivity contribution in [2.75, 3.05) is 4.90 Å². The van der Waals surface area contributed by atoms with Gasteiger partial charge in [-0.15, -0.1) is 0 Å². The monoisotopic (exact) mass is 883 g/mol. The number of allylic oxidation sites excluding steroid dienone is 2. The highest BCUT2D eigenvalue weighted by atomic mass is 16.3. The standard InChI is InChI=1S/C66H45NO2/c1-4-14-44(15-5-1)45-28-30-46(31-29-45)47-32-38-52(39-33-47)67(53-40-34-50(35-41-53)57-22-12-26-61-59-24-10-20-55(63(59)68-65(57)61)48-16-6-2-7-17-48)54-42-36-51(37-43-54)58-23-13-27-62-60-25-11-21-56(64(60)69-66(58)62)49-18-8-3-9-19-49/h1-38,40-43,52H,39H2. The van der Waals surface area contributed by atoms with Crippen molar-refractivity contribution in [3.05, 3.63) is 260 Å². The van der Waals surface area contributed by atoms with Crippen LogP contribution in [0.5, 0.6) is 0 Å². The Morgan fingerprint density at radius 2 is 0.638 bits per heavy atom. The molecule has 0 aliphatic heterocycles. The lowest BCUT2D eigenvalue weighted by Crippen LogP contribution is -2.30. The normalized spacial score (nSPS) is 13.6. The van der Waals surface area contributed by atoms with Gasteiger partial charge >= 0.3 is 0 Å². The summed E-state index contributed by atoms with van der Waals surface area (Å²) in [4.78, 5) is 2.47. The van der Waals surface area contributed by atoms with Gasteiger partial charge < -0.3 is 13.7 Å². The third kappa shape index (κ3) is 7.24. The molecule has 1 aliphatic rings. The van der Waals surface area contributed by atoms with Gasteiger partial charge in [0.25, 0.3) is 0 Å². The highest BCUT2D eigenvalue weighted by molar-refractivity contribution is 6.14. The van der Waals surface area contributed by atoms with Crippen molar-refractivity contribution in [2.45, 2.75) is 12.5 Å². The molecule has 0 amide bonds. The first-order chi connectivity index (χ1) is 34.2. The van der Waals surface area contributed by atoms with Crippen LogP contribution in [0.4, 0.5) is 11.4 Å². The van der Waals surface area contributed by atoms with E-state index in [1.54, 1.807) is 0 Å². The molecule has 1 atom stereocenters. The Balaban J connectivity index is 0.862. The fraction of sp³-hybridized carbons (Fsp3) is 0.0303. The lowest BCUT2D eigenvalue weighted by Gasteiger charge is -2.33. The second-order valence-electron chi connectivity index (χ2n) is 17.9. The average molecular weight is 884 g/mol. The van der Waals surface area contributed by atoms with Gasteiger partial charge in [0.1, 0.15) is 22.3 Å². The Morgan fingerprint density at radius 3 is 1.01 bits per heavy atom. The first-order valence-corrected chi connectivity index (χ1v) is 23.8. The van der Waals surface area contributed by atoms with Gasteiger partial charge in [0.2, 0.25) is 0 Å². The number of fused-ring (bicyclic) bond motifs is 6. The van der Waals surface area contributed by atoms with Crippen LogP contribution in [0.15, 0.2) is 264 Å². The van der Waals surface area contributed by atoms with Crippen LogP contribution >= 0.6 is 0 Å². The van der Waals surface area contributed by atoms with Gasteiger partial charge in [-0.2, -0.15) is 0 Å². The Kier molecular flexibility index (Phi) is 9.98. The van der Waals surface area contributed by atoms with E-state index in [-0.39, 0.29) is 6.04 Å². The van der Waals surface area contributed by atoms with Crippen molar-refractivity contribution in [2.24, 2.45) is 0 Å². The highest BCUT2D eigenvalue weighted by Crippen LogP contribution is 2.43. The van der Waals surface area contributed by atoms with E-state index in [1.165, 1.54) is 22.3 Å². The zero-order valence-electron chi connectivity index (χ0n) is 37.8. The van der Waals surface area contributed by atoms with E-state index in [1.807, 2.05) is 0 Å². The van der Waals surface area contributed by atoms with Crippen LogP contribution in [0.2, 0.25) is 0 Å². The number of anilines is 2. The molecule has 2 aromatic heterocycles. The van der Waals surface area contributed by atoms with E-state index in [0.717, 1.165) is 106 Å². The number of nitrogens with zero attached hydrogens (tertiary/aromatic N) is 1. The molecule has 0 fully saturated rings. The van der Waals surface area contributed by atoms with E-state index in [0.29, 0.717) is 0 Å². The number of para-hydroxylation sites is 4. The number of benzene rings is 10. The Labute approximate surface area is 401 Å². The first-order valence-electron chi connectivity index (χ1n) is 23.8. The lowest BCUT2D eigenvalue weighted by atomic mass is 9.94. The number of hydrogen-bond acceptors (Lipinski definition) is 3. The minimum atomic E-state index is 0.0828. The Bertz CT molecular complexity index is 3680. The fourth-order valence-corrected chi connectivity index (χ4v) is 10.4. The first kappa shape index (κ1) is 40.4. The van der Waals surface area contributed by atoms with Crippen LogP contribution in [0.25, 0.3) is 105 Å². The molecule has 3 heteroatoms. The summed E-state index contributed by atoms with van der Waals surface area (Å²) in [6, 6.07) is 84.4. The lowest BCUT2D eigenvalue weighted by molar-refractivity contribution is 0.670. The molecule has 13 rings (SSSR count). The van der Waals surface area contributed by atoms with E-state index in [4.69, 9.17) is 8.83 Å². The van der Waals surface area contributed by atoms with Crippen molar-refractivity contribution >= 4 is 60.8 Å². The molecule has 2 heterocycles. The minimum Gasteiger partial charge on any atom is -0.455 e. The fourth-order valence-electron chi connectivity index (χ4n) is 10.4. The third-order valence-corrected chi connectivity index (χ3v) is 13.9. The molecular formula is C66H45NO2. The van der Waals surface area contributed by atoms with E-state index < -0.39 is 0 Å². The van der Waals surface area contributed by atoms with Crippen LogP contribution in [-0.4, -0.2) is 6.04 Å². The van der Waals surface area contributed by atoms with Gasteiger partial charge in [-0.1, -0.05) is 231 Å². The molecule has 1 aliphatic carbocycles. The molecule has 12 aromatic rings. The summed E-state index contributed by atoms with van der Waals surface area (Å²) in [5, 5.41) is 4.48. The van der Waals surface area contributed by atoms with E-state index in [2.05, 4.69) is 260 Å². The van der Waals surface area contributed by atoms with Crippen LogP contribution in [-0.2, 0) is 0 Å². The minimum absolute atomic E-state index is 0.0828. The van der Waals surface area contributed by atoms with Crippen LogP contribution in [0.1, 0.15) is 12.0 Å². The summed E-state index contributed by atoms with van der Waals surface area (Å²) in [6.45, 7) is 0. The second kappa shape index (κ2) is 17.1. The SMILES string of the molecule is C1=CC(N(c2ccc(-c3cccc4c3oc3c(-c5ccccc5)cccc34)cc2)c2ccc(-c3cccc4c3oc3c(-c5ccccc5)cccc34)cc2)CC=C1c1ccc(-c2ccccc2)cc1. The Morgan fingerprint density at radius 1 is 0.304 bits per heavy atom. The van der Waals surface area contributed by atoms with Crippen molar-refractivity contribution in [1.82, 2.24) is 0 Å². The molecule has 0 saturated heterocycles. The number of furan rings is 2. The van der Waals surface area contributed by atoms with Crippen LogP contribution in [0, 0.1) is 0 Å². The molecule has 1 unspecified atom stereocenters. The van der Waals surface area contributed by atoms with Gasteiger partial charge in [-0.05, 0) is 75.2 Å². The van der Waals surface area contributed by atoms with Crippen LogP contribution in [0.3, 0.4) is 0 Å². The van der Waals surface area contributed by atoms with Gasteiger partial charge in [0, 0.05) is 55.2 Å². The van der Waals surface area contributed by atoms with Crippen molar-refractivity contribution < 1.29 is 8.83 Å². The molecule has 10 aromatic carbocycles. The summed E-state index contributed by atoms with van der Waals surface area (Å²) >= 11 is 0. The maximum Gasteiger partial charge on any atom is 0.143 e. The van der Waals surface area contributed by atoms with Crippen molar-refractivity contribution in [3.63, 3.8) is 0 Å². The zero-order valence-corrected chi connectivity index (χ0v) is 37.8. The topological polar surface area (TPSA) is 29.5 Å². The van der Waals surface area contributed by atoms with Crippen molar-refractivity contribution in [1.29, 1.82) is 0 Å². The Hall–Kier alpha value is -8.92. The molecule has 3 nitrogen and oxygen atoms in total. The molecule has 0 spiro atoms. The highest BCUT2D eigenvalue weighted by Gasteiger charge is 2.23.